The van der Waals surface area contributed by atoms with E-state index in [4.69, 9.17) is 10.8 Å². The Morgan fingerprint density at radius 1 is 0.968 bits per heavy atom. The van der Waals surface area contributed by atoms with Gasteiger partial charge in [0.1, 0.15) is 0 Å². The summed E-state index contributed by atoms with van der Waals surface area (Å²) in [5.41, 5.74) is 15.1. The Morgan fingerprint density at radius 2 is 1.77 bits per heavy atom. The van der Waals surface area contributed by atoms with Crippen molar-refractivity contribution < 1.29 is 9.90 Å². The number of pyridine rings is 2. The number of nitrogen functional groups attached to an aromatic ring is 1. The van der Waals surface area contributed by atoms with E-state index in [1.807, 2.05) is 18.3 Å². The van der Waals surface area contributed by atoms with Crippen molar-refractivity contribution in [2.24, 2.45) is 0 Å². The summed E-state index contributed by atoms with van der Waals surface area (Å²) in [6.45, 7) is 2.17. The summed E-state index contributed by atoms with van der Waals surface area (Å²) in [4.78, 5) is 18.3. The van der Waals surface area contributed by atoms with Gasteiger partial charge in [-0.1, -0.05) is 49.4 Å². The van der Waals surface area contributed by atoms with Gasteiger partial charge >= 0.3 is 5.97 Å². The molecule has 3 N–H and O–H groups in total. The van der Waals surface area contributed by atoms with Crippen LogP contribution in [0.1, 0.15) is 45.6 Å². The fraction of sp³-hybridized carbons (Fsp3) is 0.115. The van der Waals surface area contributed by atoms with Gasteiger partial charge in [-0.15, -0.1) is 0 Å². The van der Waals surface area contributed by atoms with E-state index in [9.17, 15) is 4.79 Å². The molecule has 2 aromatic heterocycles. The van der Waals surface area contributed by atoms with Gasteiger partial charge in [0.25, 0.3) is 0 Å². The van der Waals surface area contributed by atoms with Crippen LogP contribution in [-0.2, 0) is 6.42 Å². The minimum atomic E-state index is -0.942. The zero-order chi connectivity index (χ0) is 21.8. The number of fused-ring (bicyclic) bond motifs is 3. The van der Waals surface area contributed by atoms with E-state index < -0.39 is 5.97 Å². The van der Waals surface area contributed by atoms with Crippen LogP contribution in [0.15, 0.2) is 85.3 Å². The van der Waals surface area contributed by atoms with Gasteiger partial charge in [0.05, 0.1) is 5.56 Å². The summed E-state index contributed by atoms with van der Waals surface area (Å²) in [6, 6.07) is 22.1. The molecule has 5 rings (SSSR count). The standard InChI is InChI=1S/C20H18N2.C6H5NO2/c1-13(19-8-4-5-11-22-19)15-9-10-17-16-7-3-2-6-14(16)12-18(17)20(15)21;8-6(9)5-2-1-3-7-4-5/h2-11,13H,12,21H2,1H3;1-4H,(H,8,9)/t13-;/m1./s1. The molecular weight excluding hydrogens is 386 g/mol. The molecule has 5 nitrogen and oxygen atoms in total. The van der Waals surface area contributed by atoms with Crippen molar-refractivity contribution in [3.05, 3.63) is 113 Å². The number of aromatic nitrogens is 2. The molecule has 1 aliphatic carbocycles. The Morgan fingerprint density at radius 3 is 2.45 bits per heavy atom. The molecule has 5 heteroatoms. The molecule has 0 amide bonds. The summed E-state index contributed by atoms with van der Waals surface area (Å²) < 4.78 is 0. The fourth-order valence-corrected chi connectivity index (χ4v) is 3.91. The third-order valence-corrected chi connectivity index (χ3v) is 5.57. The highest BCUT2D eigenvalue weighted by Gasteiger charge is 2.23. The van der Waals surface area contributed by atoms with E-state index in [2.05, 4.69) is 59.4 Å². The number of aromatic carboxylic acids is 1. The SMILES string of the molecule is C[C@@H](c1ccccn1)c1ccc2c(c1N)Cc1ccccc1-2.O=C(O)c1cccnc1. The quantitative estimate of drug-likeness (QED) is 0.402. The first kappa shape index (κ1) is 20.3. The van der Waals surface area contributed by atoms with Crippen LogP contribution in [-0.4, -0.2) is 21.0 Å². The second kappa shape index (κ2) is 8.79. The third kappa shape index (κ3) is 4.16. The van der Waals surface area contributed by atoms with E-state index in [1.165, 1.54) is 46.3 Å². The highest BCUT2D eigenvalue weighted by molar-refractivity contribution is 5.87. The summed E-state index contributed by atoms with van der Waals surface area (Å²) in [5.74, 6) is -0.738. The molecule has 0 aliphatic heterocycles. The number of anilines is 1. The molecule has 2 heterocycles. The Labute approximate surface area is 181 Å². The molecule has 0 radical (unpaired) electrons. The van der Waals surface area contributed by atoms with Crippen molar-refractivity contribution in [1.29, 1.82) is 0 Å². The normalized spacial score (nSPS) is 12.2. The smallest absolute Gasteiger partial charge is 0.337 e. The van der Waals surface area contributed by atoms with Crippen LogP contribution in [0.5, 0.6) is 0 Å². The van der Waals surface area contributed by atoms with Gasteiger partial charge in [-0.05, 0) is 52.1 Å². The Hall–Kier alpha value is -3.99. The number of nitrogens with zero attached hydrogens (tertiary/aromatic N) is 2. The van der Waals surface area contributed by atoms with Gasteiger partial charge < -0.3 is 10.8 Å². The molecule has 0 saturated carbocycles. The predicted octanol–water partition coefficient (Wildman–Crippen LogP) is 5.17. The maximum atomic E-state index is 10.2. The van der Waals surface area contributed by atoms with Crippen molar-refractivity contribution in [2.75, 3.05) is 5.73 Å². The van der Waals surface area contributed by atoms with Crippen LogP contribution >= 0.6 is 0 Å². The number of carboxylic acid groups (broad SMARTS) is 1. The molecule has 1 aliphatic rings. The Kier molecular flexibility index (Phi) is 5.76. The lowest BCUT2D eigenvalue weighted by Gasteiger charge is -2.17. The maximum absolute atomic E-state index is 10.2. The van der Waals surface area contributed by atoms with E-state index in [0.717, 1.165) is 17.8 Å². The van der Waals surface area contributed by atoms with Gasteiger partial charge in [-0.25, -0.2) is 4.79 Å². The lowest BCUT2D eigenvalue weighted by atomic mass is 9.91. The highest BCUT2D eigenvalue weighted by Crippen LogP contribution is 2.42. The second-order valence-corrected chi connectivity index (χ2v) is 7.45. The van der Waals surface area contributed by atoms with Crippen LogP contribution < -0.4 is 5.73 Å². The van der Waals surface area contributed by atoms with E-state index >= 15 is 0 Å². The zero-order valence-corrected chi connectivity index (χ0v) is 17.2. The van der Waals surface area contributed by atoms with Crippen molar-refractivity contribution in [1.82, 2.24) is 9.97 Å². The minimum Gasteiger partial charge on any atom is -0.478 e. The molecule has 0 fully saturated rings. The molecule has 0 bridgehead atoms. The zero-order valence-electron chi connectivity index (χ0n) is 17.2. The van der Waals surface area contributed by atoms with Gasteiger partial charge in [0, 0.05) is 42.3 Å². The molecule has 4 aromatic rings. The lowest BCUT2D eigenvalue weighted by molar-refractivity contribution is 0.0696. The number of carbonyl (C=O) groups is 1. The largest absolute Gasteiger partial charge is 0.478 e. The number of benzene rings is 2. The topological polar surface area (TPSA) is 89.1 Å². The lowest BCUT2D eigenvalue weighted by Crippen LogP contribution is -2.05. The molecule has 0 unspecified atom stereocenters. The second-order valence-electron chi connectivity index (χ2n) is 7.45. The van der Waals surface area contributed by atoms with Crippen LogP contribution in [0.3, 0.4) is 0 Å². The van der Waals surface area contributed by atoms with Crippen LogP contribution in [0.4, 0.5) is 5.69 Å². The van der Waals surface area contributed by atoms with Gasteiger partial charge in [-0.2, -0.15) is 0 Å². The summed E-state index contributed by atoms with van der Waals surface area (Å²) in [5, 5.41) is 8.34. The molecule has 31 heavy (non-hydrogen) atoms. The molecule has 1 atom stereocenters. The first-order valence-electron chi connectivity index (χ1n) is 10.1. The minimum absolute atomic E-state index is 0.204. The Balaban J connectivity index is 0.000000217. The van der Waals surface area contributed by atoms with Crippen molar-refractivity contribution in [3.8, 4) is 11.1 Å². The number of hydrogen-bond acceptors (Lipinski definition) is 4. The van der Waals surface area contributed by atoms with Crippen molar-refractivity contribution >= 4 is 11.7 Å². The van der Waals surface area contributed by atoms with Crippen LogP contribution in [0.2, 0.25) is 0 Å². The van der Waals surface area contributed by atoms with E-state index in [-0.39, 0.29) is 11.5 Å². The number of carboxylic acids is 1. The van der Waals surface area contributed by atoms with Crippen molar-refractivity contribution in [2.45, 2.75) is 19.3 Å². The Bertz CT molecular complexity index is 1210. The van der Waals surface area contributed by atoms with Gasteiger partial charge in [0.2, 0.25) is 0 Å². The van der Waals surface area contributed by atoms with Crippen molar-refractivity contribution in [3.63, 3.8) is 0 Å². The number of rotatable bonds is 3. The van der Waals surface area contributed by atoms with Crippen LogP contribution in [0, 0.1) is 0 Å². The highest BCUT2D eigenvalue weighted by atomic mass is 16.4. The summed E-state index contributed by atoms with van der Waals surface area (Å²) in [6.07, 6.45) is 5.61. The maximum Gasteiger partial charge on any atom is 0.337 e. The molecule has 0 spiro atoms. The monoisotopic (exact) mass is 409 g/mol. The van der Waals surface area contributed by atoms with E-state index in [1.54, 1.807) is 6.07 Å². The average Bonchev–Trinajstić information content (AvgIpc) is 3.20. The average molecular weight is 409 g/mol. The van der Waals surface area contributed by atoms with Gasteiger partial charge in [-0.3, -0.25) is 9.97 Å². The molecule has 2 aromatic carbocycles. The first-order valence-corrected chi connectivity index (χ1v) is 10.1. The van der Waals surface area contributed by atoms with E-state index in [0.29, 0.717) is 0 Å². The van der Waals surface area contributed by atoms with Gasteiger partial charge in [0.15, 0.2) is 0 Å². The van der Waals surface area contributed by atoms with Crippen LogP contribution in [0.25, 0.3) is 11.1 Å². The number of nitrogens with two attached hydrogens (primary N) is 1. The fourth-order valence-electron chi connectivity index (χ4n) is 3.91. The molecular formula is C26H23N3O2. The summed E-state index contributed by atoms with van der Waals surface area (Å²) in [7, 11) is 0. The molecule has 0 saturated heterocycles. The predicted molar refractivity (Wildman–Crippen MR) is 122 cm³/mol. The summed E-state index contributed by atoms with van der Waals surface area (Å²) >= 11 is 0. The third-order valence-electron chi connectivity index (χ3n) is 5.57. The first-order chi connectivity index (χ1) is 15.1. The molecule has 154 valence electrons. The number of hydrogen-bond donors (Lipinski definition) is 2.